The summed E-state index contributed by atoms with van der Waals surface area (Å²) in [7, 11) is 0. The van der Waals surface area contributed by atoms with Crippen LogP contribution in [-0.2, 0) is 11.3 Å². The molecular weight excluding hydrogens is 276 g/mol. The molecule has 0 aliphatic carbocycles. The summed E-state index contributed by atoms with van der Waals surface area (Å²) < 4.78 is 0. The number of carboxylic acid groups (broad SMARTS) is 1. The predicted octanol–water partition coefficient (Wildman–Crippen LogP) is 2.34. The smallest absolute Gasteiger partial charge is 0.320 e. The van der Waals surface area contributed by atoms with Gasteiger partial charge in [-0.1, -0.05) is 13.0 Å². The number of amides is 2. The van der Waals surface area contributed by atoms with Gasteiger partial charge in [-0.25, -0.2) is 4.79 Å². The van der Waals surface area contributed by atoms with Crippen LogP contribution < -0.4 is 0 Å². The zero-order valence-corrected chi connectivity index (χ0v) is 12.6. The minimum Gasteiger partial charge on any atom is -0.481 e. The number of thiophene rings is 1. The lowest BCUT2D eigenvalue weighted by Crippen LogP contribution is -2.41. The number of nitrogens with zero attached hydrogens (tertiary/aromatic N) is 2. The van der Waals surface area contributed by atoms with Crippen LogP contribution in [0.4, 0.5) is 4.79 Å². The van der Waals surface area contributed by atoms with Crippen LogP contribution in [0.2, 0.25) is 0 Å². The summed E-state index contributed by atoms with van der Waals surface area (Å²) in [6, 6.07) is 3.92. The fourth-order valence-electron chi connectivity index (χ4n) is 2.55. The summed E-state index contributed by atoms with van der Waals surface area (Å²) in [6.07, 6.45) is 0. The van der Waals surface area contributed by atoms with Gasteiger partial charge in [0.05, 0.1) is 12.5 Å². The van der Waals surface area contributed by atoms with E-state index in [9.17, 15) is 9.59 Å². The zero-order chi connectivity index (χ0) is 14.7. The Kier molecular flexibility index (Phi) is 4.65. The fourth-order valence-corrected chi connectivity index (χ4v) is 3.27. The molecule has 5 nitrogen and oxygen atoms in total. The second-order valence-corrected chi connectivity index (χ2v) is 6.24. The third kappa shape index (κ3) is 3.12. The highest BCUT2D eigenvalue weighted by Crippen LogP contribution is 2.24. The van der Waals surface area contributed by atoms with E-state index in [4.69, 9.17) is 5.11 Å². The summed E-state index contributed by atoms with van der Waals surface area (Å²) in [6.45, 7) is 5.89. The van der Waals surface area contributed by atoms with E-state index in [1.807, 2.05) is 31.4 Å². The molecule has 1 aliphatic rings. The molecular formula is C14H20N2O3S. The van der Waals surface area contributed by atoms with Gasteiger partial charge in [0.25, 0.3) is 0 Å². The SMILES string of the molecule is CCN(Cc1cccs1)C(=O)N1CC(C)C(C(=O)O)C1. The molecule has 2 unspecified atom stereocenters. The molecule has 2 heterocycles. The lowest BCUT2D eigenvalue weighted by molar-refractivity contribution is -0.142. The lowest BCUT2D eigenvalue weighted by Gasteiger charge is -2.26. The number of carboxylic acids is 1. The molecule has 2 rings (SSSR count). The first-order valence-corrected chi connectivity index (χ1v) is 7.70. The second-order valence-electron chi connectivity index (χ2n) is 5.20. The second kappa shape index (κ2) is 6.26. The van der Waals surface area contributed by atoms with E-state index in [1.165, 1.54) is 0 Å². The summed E-state index contributed by atoms with van der Waals surface area (Å²) in [4.78, 5) is 28.2. The van der Waals surface area contributed by atoms with Crippen molar-refractivity contribution in [1.29, 1.82) is 0 Å². The monoisotopic (exact) mass is 296 g/mol. The number of urea groups is 1. The Morgan fingerprint density at radius 1 is 1.50 bits per heavy atom. The van der Waals surface area contributed by atoms with Crippen LogP contribution in [0.5, 0.6) is 0 Å². The molecule has 0 aromatic carbocycles. The largest absolute Gasteiger partial charge is 0.481 e. The van der Waals surface area contributed by atoms with Crippen molar-refractivity contribution in [1.82, 2.24) is 9.80 Å². The van der Waals surface area contributed by atoms with Crippen molar-refractivity contribution in [3.8, 4) is 0 Å². The maximum atomic E-state index is 12.5. The van der Waals surface area contributed by atoms with E-state index in [0.29, 0.717) is 26.2 Å². The molecule has 1 aromatic rings. The number of hydrogen-bond acceptors (Lipinski definition) is 3. The fraction of sp³-hybridized carbons (Fsp3) is 0.571. The van der Waals surface area contributed by atoms with Gasteiger partial charge in [-0.2, -0.15) is 0 Å². The zero-order valence-electron chi connectivity index (χ0n) is 11.8. The molecule has 2 amide bonds. The van der Waals surface area contributed by atoms with E-state index >= 15 is 0 Å². The van der Waals surface area contributed by atoms with Gasteiger partial charge in [0.2, 0.25) is 0 Å². The molecule has 0 radical (unpaired) electrons. The van der Waals surface area contributed by atoms with Gasteiger partial charge in [-0.15, -0.1) is 11.3 Å². The van der Waals surface area contributed by atoms with E-state index < -0.39 is 11.9 Å². The van der Waals surface area contributed by atoms with Crippen molar-refractivity contribution < 1.29 is 14.7 Å². The number of carbonyl (C=O) groups is 2. The van der Waals surface area contributed by atoms with E-state index in [-0.39, 0.29) is 11.9 Å². The number of rotatable bonds is 4. The first-order chi connectivity index (χ1) is 9.52. The molecule has 0 saturated carbocycles. The molecule has 2 atom stereocenters. The first kappa shape index (κ1) is 14.8. The number of likely N-dealkylation sites (tertiary alicyclic amines) is 1. The van der Waals surface area contributed by atoms with Crippen molar-refractivity contribution in [3.05, 3.63) is 22.4 Å². The summed E-state index contributed by atoms with van der Waals surface area (Å²) in [5.74, 6) is -1.25. The van der Waals surface area contributed by atoms with Crippen molar-refractivity contribution in [3.63, 3.8) is 0 Å². The Morgan fingerprint density at radius 2 is 2.25 bits per heavy atom. The van der Waals surface area contributed by atoms with E-state index in [1.54, 1.807) is 21.1 Å². The average molecular weight is 296 g/mol. The van der Waals surface area contributed by atoms with Crippen molar-refractivity contribution in [2.24, 2.45) is 11.8 Å². The summed E-state index contributed by atoms with van der Waals surface area (Å²) in [5, 5.41) is 11.1. The van der Waals surface area contributed by atoms with Gasteiger partial charge < -0.3 is 14.9 Å². The normalized spacial score (nSPS) is 22.0. The third-order valence-electron chi connectivity index (χ3n) is 3.78. The van der Waals surface area contributed by atoms with Crippen molar-refractivity contribution in [2.75, 3.05) is 19.6 Å². The Hall–Kier alpha value is -1.56. The van der Waals surface area contributed by atoms with Crippen LogP contribution in [0.25, 0.3) is 0 Å². The maximum Gasteiger partial charge on any atom is 0.320 e. The summed E-state index contributed by atoms with van der Waals surface area (Å²) in [5.41, 5.74) is 0. The Bertz CT molecular complexity index is 475. The standard InChI is InChI=1S/C14H20N2O3S/c1-3-15(8-11-5-4-6-20-11)14(19)16-7-10(2)12(9-16)13(17)18/h4-6,10,12H,3,7-9H2,1-2H3,(H,17,18). The minimum absolute atomic E-state index is 0.0110. The van der Waals surface area contributed by atoms with Gasteiger partial charge >= 0.3 is 12.0 Å². The van der Waals surface area contributed by atoms with Crippen LogP contribution in [-0.4, -0.2) is 46.5 Å². The van der Waals surface area contributed by atoms with E-state index in [0.717, 1.165) is 4.88 Å². The van der Waals surface area contributed by atoms with Gasteiger partial charge in [-0.05, 0) is 24.3 Å². The highest BCUT2D eigenvalue weighted by molar-refractivity contribution is 7.09. The Labute approximate surface area is 122 Å². The number of aliphatic carboxylic acids is 1. The topological polar surface area (TPSA) is 60.9 Å². The lowest BCUT2D eigenvalue weighted by atomic mass is 9.99. The molecule has 0 spiro atoms. The molecule has 1 fully saturated rings. The molecule has 6 heteroatoms. The van der Waals surface area contributed by atoms with Crippen LogP contribution in [0, 0.1) is 11.8 Å². The molecule has 1 aromatic heterocycles. The predicted molar refractivity (Wildman–Crippen MR) is 77.7 cm³/mol. The van der Waals surface area contributed by atoms with Crippen LogP contribution in [0.3, 0.4) is 0 Å². The molecule has 1 N–H and O–H groups in total. The highest BCUT2D eigenvalue weighted by Gasteiger charge is 2.38. The van der Waals surface area contributed by atoms with Crippen molar-refractivity contribution >= 4 is 23.3 Å². The van der Waals surface area contributed by atoms with Crippen LogP contribution in [0.1, 0.15) is 18.7 Å². The number of carbonyl (C=O) groups excluding carboxylic acids is 1. The Morgan fingerprint density at radius 3 is 2.75 bits per heavy atom. The van der Waals surface area contributed by atoms with Gasteiger partial charge in [0, 0.05) is 24.5 Å². The van der Waals surface area contributed by atoms with Crippen molar-refractivity contribution in [2.45, 2.75) is 20.4 Å². The van der Waals surface area contributed by atoms with Crippen LogP contribution >= 0.6 is 11.3 Å². The Balaban J connectivity index is 2.01. The molecule has 20 heavy (non-hydrogen) atoms. The average Bonchev–Trinajstić information content (AvgIpc) is 3.04. The van der Waals surface area contributed by atoms with Crippen LogP contribution in [0.15, 0.2) is 17.5 Å². The van der Waals surface area contributed by atoms with Gasteiger partial charge in [-0.3, -0.25) is 4.79 Å². The third-order valence-corrected chi connectivity index (χ3v) is 4.64. The minimum atomic E-state index is -0.811. The molecule has 1 aliphatic heterocycles. The summed E-state index contributed by atoms with van der Waals surface area (Å²) >= 11 is 1.63. The first-order valence-electron chi connectivity index (χ1n) is 6.82. The molecule has 110 valence electrons. The highest BCUT2D eigenvalue weighted by atomic mass is 32.1. The maximum absolute atomic E-state index is 12.5. The number of hydrogen-bond donors (Lipinski definition) is 1. The molecule has 0 bridgehead atoms. The van der Waals surface area contributed by atoms with Gasteiger partial charge in [0.1, 0.15) is 0 Å². The van der Waals surface area contributed by atoms with E-state index in [2.05, 4.69) is 0 Å². The molecule has 1 saturated heterocycles. The van der Waals surface area contributed by atoms with Gasteiger partial charge in [0.15, 0.2) is 0 Å². The quantitative estimate of drug-likeness (QED) is 0.927.